The van der Waals surface area contributed by atoms with Crippen molar-refractivity contribution in [2.24, 2.45) is 5.84 Å². The highest BCUT2D eigenvalue weighted by Crippen LogP contribution is 2.25. The van der Waals surface area contributed by atoms with Crippen LogP contribution >= 0.6 is 0 Å². The molecular weight excluding hydrogens is 183 g/mol. The van der Waals surface area contributed by atoms with E-state index in [0.717, 1.165) is 0 Å². The Balaban J connectivity index is 3.40. The summed E-state index contributed by atoms with van der Waals surface area (Å²) in [5.41, 5.74) is 1.33. The van der Waals surface area contributed by atoms with Crippen LogP contribution in [0.25, 0.3) is 6.08 Å². The molecule has 0 spiro atoms. The summed E-state index contributed by atoms with van der Waals surface area (Å²) in [5.74, 6) is 5.12. The molecule has 1 aromatic carbocycles. The molecule has 4 heteroatoms. The van der Waals surface area contributed by atoms with Gasteiger partial charge in [-0.1, -0.05) is 12.7 Å². The number of hydrogen-bond acceptors (Lipinski definition) is 3. The smallest absolute Gasteiger partial charge is 0.130 e. The van der Waals surface area contributed by atoms with Crippen LogP contribution in [0, 0.1) is 5.82 Å². The fourth-order valence-electron chi connectivity index (χ4n) is 1.34. The Morgan fingerprint density at radius 1 is 1.64 bits per heavy atom. The Morgan fingerprint density at radius 2 is 2.29 bits per heavy atom. The van der Waals surface area contributed by atoms with Crippen molar-refractivity contribution in [3.63, 3.8) is 0 Å². The molecular formula is C10H13FN2O. The maximum atomic E-state index is 13.2. The minimum atomic E-state index is -0.408. The number of rotatable bonds is 3. The third kappa shape index (κ3) is 1.76. The summed E-state index contributed by atoms with van der Waals surface area (Å²) < 4.78 is 13.2. The van der Waals surface area contributed by atoms with E-state index in [-0.39, 0.29) is 6.61 Å². The molecule has 0 aliphatic rings. The predicted molar refractivity (Wildman–Crippen MR) is 55.0 cm³/mol. The number of aliphatic hydroxyl groups excluding tert-OH is 1. The topological polar surface area (TPSA) is 49.5 Å². The van der Waals surface area contributed by atoms with Crippen LogP contribution < -0.4 is 10.9 Å². The average molecular weight is 196 g/mol. The third-order valence-electron chi connectivity index (χ3n) is 2.02. The van der Waals surface area contributed by atoms with E-state index >= 15 is 0 Å². The summed E-state index contributed by atoms with van der Waals surface area (Å²) in [7, 11) is 1.62. The second kappa shape index (κ2) is 4.21. The molecule has 0 saturated heterocycles. The molecule has 0 aliphatic heterocycles. The molecule has 0 aliphatic carbocycles. The van der Waals surface area contributed by atoms with Gasteiger partial charge >= 0.3 is 0 Å². The molecule has 0 atom stereocenters. The number of nitrogens with zero attached hydrogens (tertiary/aromatic N) is 1. The lowest BCUT2D eigenvalue weighted by Gasteiger charge is -2.18. The zero-order chi connectivity index (χ0) is 10.7. The minimum absolute atomic E-state index is 0.268. The normalized spacial score (nSPS) is 10.0. The lowest BCUT2D eigenvalue weighted by Crippen LogP contribution is -2.26. The molecule has 0 unspecified atom stereocenters. The summed E-state index contributed by atoms with van der Waals surface area (Å²) >= 11 is 0. The molecule has 1 aromatic rings. The number of nitrogens with two attached hydrogens (primary N) is 1. The van der Waals surface area contributed by atoms with Crippen LogP contribution in [0.3, 0.4) is 0 Å². The number of anilines is 1. The minimum Gasteiger partial charge on any atom is -0.392 e. The first kappa shape index (κ1) is 10.7. The van der Waals surface area contributed by atoms with Crippen molar-refractivity contribution in [1.82, 2.24) is 0 Å². The number of hydrogen-bond donors (Lipinski definition) is 2. The standard InChI is InChI=1S/C10H13FN2O/c1-3-7-8(6-14)10(13(2)12)5-4-9(7)11/h3-5,14H,1,6,12H2,2H3. The lowest BCUT2D eigenvalue weighted by atomic mass is 10.1. The predicted octanol–water partition coefficient (Wildman–Crippen LogP) is 1.27. The lowest BCUT2D eigenvalue weighted by molar-refractivity contribution is 0.281. The molecule has 1 rings (SSSR count). The van der Waals surface area contributed by atoms with Crippen molar-refractivity contribution in [2.45, 2.75) is 6.61 Å². The molecule has 0 amide bonds. The van der Waals surface area contributed by atoms with Crippen molar-refractivity contribution in [1.29, 1.82) is 0 Å². The van der Waals surface area contributed by atoms with Gasteiger partial charge in [0, 0.05) is 18.2 Å². The van der Waals surface area contributed by atoms with Gasteiger partial charge in [0.1, 0.15) is 5.82 Å². The van der Waals surface area contributed by atoms with Gasteiger partial charge in [-0.2, -0.15) is 0 Å². The first-order valence-electron chi connectivity index (χ1n) is 4.15. The molecule has 0 radical (unpaired) electrons. The molecule has 76 valence electrons. The third-order valence-corrected chi connectivity index (χ3v) is 2.02. The molecule has 0 aromatic heterocycles. The van der Waals surface area contributed by atoms with Gasteiger partial charge in [0.15, 0.2) is 0 Å². The second-order valence-electron chi connectivity index (χ2n) is 2.93. The van der Waals surface area contributed by atoms with Crippen LogP contribution in [0.2, 0.25) is 0 Å². The van der Waals surface area contributed by atoms with Gasteiger partial charge in [0.25, 0.3) is 0 Å². The van der Waals surface area contributed by atoms with Gasteiger partial charge in [0.05, 0.1) is 12.3 Å². The molecule has 3 nitrogen and oxygen atoms in total. The molecule has 3 N–H and O–H groups in total. The first-order valence-corrected chi connectivity index (χ1v) is 4.15. The molecule has 14 heavy (non-hydrogen) atoms. The van der Waals surface area contributed by atoms with Crippen molar-refractivity contribution in [3.8, 4) is 0 Å². The van der Waals surface area contributed by atoms with Crippen LogP contribution in [0.4, 0.5) is 10.1 Å². The van der Waals surface area contributed by atoms with Crippen LogP contribution in [-0.2, 0) is 6.61 Å². The van der Waals surface area contributed by atoms with Crippen molar-refractivity contribution >= 4 is 11.8 Å². The Labute approximate surface area is 82.2 Å². The number of halogens is 1. The van der Waals surface area contributed by atoms with Gasteiger partial charge in [0.2, 0.25) is 0 Å². The van der Waals surface area contributed by atoms with E-state index in [1.165, 1.54) is 23.2 Å². The van der Waals surface area contributed by atoms with E-state index in [4.69, 9.17) is 10.9 Å². The Bertz CT molecular complexity index is 350. The molecule has 0 saturated carbocycles. The fraction of sp³-hybridized carbons (Fsp3) is 0.200. The second-order valence-corrected chi connectivity index (χ2v) is 2.93. The van der Waals surface area contributed by atoms with Gasteiger partial charge in [-0.05, 0) is 12.1 Å². The van der Waals surface area contributed by atoms with Crippen LogP contribution in [-0.4, -0.2) is 12.2 Å². The van der Waals surface area contributed by atoms with Crippen LogP contribution in [0.15, 0.2) is 18.7 Å². The Morgan fingerprint density at radius 3 is 2.71 bits per heavy atom. The van der Waals surface area contributed by atoms with Gasteiger partial charge in [-0.25, -0.2) is 10.2 Å². The number of aliphatic hydroxyl groups is 1. The van der Waals surface area contributed by atoms with E-state index in [0.29, 0.717) is 16.8 Å². The Hall–Kier alpha value is -1.39. The average Bonchev–Trinajstić information content (AvgIpc) is 2.16. The van der Waals surface area contributed by atoms with E-state index in [1.807, 2.05) is 0 Å². The summed E-state index contributed by atoms with van der Waals surface area (Å²) in [6.07, 6.45) is 1.37. The molecule has 0 bridgehead atoms. The summed E-state index contributed by atoms with van der Waals surface area (Å²) in [4.78, 5) is 0. The number of hydrazine groups is 1. The first-order chi connectivity index (χ1) is 6.61. The van der Waals surface area contributed by atoms with Gasteiger partial charge in [-0.3, -0.25) is 0 Å². The fourth-order valence-corrected chi connectivity index (χ4v) is 1.34. The summed E-state index contributed by atoms with van der Waals surface area (Å²) in [6.45, 7) is 3.22. The van der Waals surface area contributed by atoms with Gasteiger partial charge < -0.3 is 10.1 Å². The van der Waals surface area contributed by atoms with Crippen LogP contribution in [0.5, 0.6) is 0 Å². The van der Waals surface area contributed by atoms with E-state index < -0.39 is 5.82 Å². The van der Waals surface area contributed by atoms with Gasteiger partial charge in [-0.15, -0.1) is 0 Å². The highest BCUT2D eigenvalue weighted by Gasteiger charge is 2.11. The highest BCUT2D eigenvalue weighted by molar-refractivity contribution is 5.64. The molecule has 0 fully saturated rings. The largest absolute Gasteiger partial charge is 0.392 e. The van der Waals surface area contributed by atoms with E-state index in [9.17, 15) is 4.39 Å². The maximum Gasteiger partial charge on any atom is 0.130 e. The summed E-state index contributed by atoms with van der Waals surface area (Å²) in [6, 6.07) is 2.82. The Kier molecular flexibility index (Phi) is 3.22. The zero-order valence-corrected chi connectivity index (χ0v) is 8.00. The number of benzene rings is 1. The van der Waals surface area contributed by atoms with Crippen molar-refractivity contribution in [3.05, 3.63) is 35.7 Å². The van der Waals surface area contributed by atoms with Crippen molar-refractivity contribution in [2.75, 3.05) is 12.1 Å². The van der Waals surface area contributed by atoms with E-state index in [1.54, 1.807) is 7.05 Å². The quantitative estimate of drug-likeness (QED) is 0.565. The SMILES string of the molecule is C=Cc1c(F)ccc(N(C)N)c1CO. The van der Waals surface area contributed by atoms with Crippen molar-refractivity contribution < 1.29 is 9.50 Å². The zero-order valence-electron chi connectivity index (χ0n) is 8.00. The highest BCUT2D eigenvalue weighted by atomic mass is 19.1. The van der Waals surface area contributed by atoms with E-state index in [2.05, 4.69) is 6.58 Å². The molecule has 0 heterocycles. The summed E-state index contributed by atoms with van der Waals surface area (Å²) in [5, 5.41) is 10.4. The van der Waals surface area contributed by atoms with Crippen LogP contribution in [0.1, 0.15) is 11.1 Å². The maximum absolute atomic E-state index is 13.2. The monoisotopic (exact) mass is 196 g/mol.